The van der Waals surface area contributed by atoms with Crippen molar-refractivity contribution in [2.24, 2.45) is 0 Å². The maximum atomic E-state index is 14.3. The van der Waals surface area contributed by atoms with Crippen LogP contribution in [0.1, 0.15) is 47.5 Å². The lowest BCUT2D eigenvalue weighted by Crippen LogP contribution is -2.47. The molecule has 2 aromatic carbocycles. The molecule has 2 aliphatic heterocycles. The highest BCUT2D eigenvalue weighted by Crippen LogP contribution is 2.52. The fraction of sp³-hybridized carbons (Fsp3) is 0.222. The van der Waals surface area contributed by atoms with Gasteiger partial charge >= 0.3 is 0 Å². The number of anilines is 2. The molecule has 1 N–H and O–H groups in total. The summed E-state index contributed by atoms with van der Waals surface area (Å²) in [5.74, 6) is -0.137. The van der Waals surface area contributed by atoms with E-state index in [2.05, 4.69) is 20.6 Å². The third-order valence-electron chi connectivity index (χ3n) is 7.13. The molecule has 37 heavy (non-hydrogen) atoms. The van der Waals surface area contributed by atoms with Crippen LogP contribution in [0.15, 0.2) is 60.8 Å². The van der Waals surface area contributed by atoms with E-state index in [0.717, 1.165) is 16.8 Å². The Morgan fingerprint density at radius 1 is 1.05 bits per heavy atom. The van der Waals surface area contributed by atoms with Gasteiger partial charge in [0.25, 0.3) is 0 Å². The second-order valence-corrected chi connectivity index (χ2v) is 10.3. The third-order valence-corrected chi connectivity index (χ3v) is 7.62. The fourth-order valence-electron chi connectivity index (χ4n) is 5.22. The van der Waals surface area contributed by atoms with E-state index in [-0.39, 0.29) is 24.3 Å². The minimum Gasteiger partial charge on any atom is -0.309 e. The van der Waals surface area contributed by atoms with Gasteiger partial charge in [-0.2, -0.15) is 0 Å². The molecule has 0 fully saturated rings. The molecule has 4 aromatic rings. The minimum absolute atomic E-state index is 0.0944. The van der Waals surface area contributed by atoms with Gasteiger partial charge in [-0.15, -0.1) is 5.10 Å². The van der Waals surface area contributed by atoms with E-state index in [1.807, 2.05) is 44.2 Å². The molecule has 0 radical (unpaired) electrons. The molecule has 0 unspecified atom stereocenters. The van der Waals surface area contributed by atoms with E-state index in [1.165, 1.54) is 0 Å². The first-order valence-electron chi connectivity index (χ1n) is 11.8. The molecule has 186 valence electrons. The van der Waals surface area contributed by atoms with Crippen LogP contribution in [0.5, 0.6) is 0 Å². The number of carbonyl (C=O) groups is 2. The van der Waals surface area contributed by atoms with Crippen molar-refractivity contribution < 1.29 is 9.59 Å². The smallest absolute Gasteiger partial charge is 0.244 e. The molecular weight excluding hydrogens is 511 g/mol. The van der Waals surface area contributed by atoms with Gasteiger partial charge in [0.05, 0.1) is 19.0 Å². The van der Waals surface area contributed by atoms with Gasteiger partial charge < -0.3 is 10.2 Å². The van der Waals surface area contributed by atoms with Gasteiger partial charge in [-0.05, 0) is 66.9 Å². The zero-order valence-corrected chi connectivity index (χ0v) is 21.6. The molecular formula is C27H22Cl2N6O2. The van der Waals surface area contributed by atoms with E-state index < -0.39 is 5.41 Å². The number of pyridine rings is 1. The van der Waals surface area contributed by atoms with Crippen molar-refractivity contribution in [1.82, 2.24) is 20.0 Å². The summed E-state index contributed by atoms with van der Waals surface area (Å²) in [4.78, 5) is 33.5. The average Bonchev–Trinajstić information content (AvgIpc) is 3.39. The van der Waals surface area contributed by atoms with Gasteiger partial charge in [0.15, 0.2) is 5.82 Å². The van der Waals surface area contributed by atoms with Gasteiger partial charge in [0.1, 0.15) is 11.1 Å². The normalized spacial score (nSPS) is 19.1. The SMILES string of the molecule is Cc1ccc(CN2C(=O)[C@]3(CC(=O)Nc4c3nnn4[C@@H](C)c3ccc(Cl)cc3)c3cc(Cl)ccc32)cn1. The number of aromatic nitrogens is 4. The van der Waals surface area contributed by atoms with Crippen molar-refractivity contribution in [2.45, 2.75) is 38.3 Å². The summed E-state index contributed by atoms with van der Waals surface area (Å²) in [6.07, 6.45) is 1.66. The first kappa shape index (κ1) is 23.6. The largest absolute Gasteiger partial charge is 0.309 e. The summed E-state index contributed by atoms with van der Waals surface area (Å²) in [7, 11) is 0. The van der Waals surface area contributed by atoms with E-state index in [1.54, 1.807) is 40.0 Å². The van der Waals surface area contributed by atoms with Crippen LogP contribution in [0.2, 0.25) is 10.0 Å². The average molecular weight is 533 g/mol. The van der Waals surface area contributed by atoms with Crippen LogP contribution >= 0.6 is 23.2 Å². The Morgan fingerprint density at radius 2 is 1.81 bits per heavy atom. The van der Waals surface area contributed by atoms with E-state index >= 15 is 0 Å². The topological polar surface area (TPSA) is 93.0 Å². The Morgan fingerprint density at radius 3 is 2.54 bits per heavy atom. The lowest BCUT2D eigenvalue weighted by molar-refractivity contribution is -0.126. The highest BCUT2D eigenvalue weighted by atomic mass is 35.5. The Kier molecular flexibility index (Phi) is 5.54. The molecule has 8 nitrogen and oxygen atoms in total. The van der Waals surface area contributed by atoms with Gasteiger partial charge in [0, 0.05) is 27.6 Å². The van der Waals surface area contributed by atoms with Crippen LogP contribution < -0.4 is 10.2 Å². The van der Waals surface area contributed by atoms with Crippen molar-refractivity contribution >= 4 is 46.5 Å². The summed E-state index contributed by atoms with van der Waals surface area (Å²) in [6.45, 7) is 4.16. The van der Waals surface area contributed by atoms with E-state index in [9.17, 15) is 9.59 Å². The maximum Gasteiger partial charge on any atom is 0.244 e. The summed E-state index contributed by atoms with van der Waals surface area (Å²) in [6, 6.07) is 16.3. The predicted octanol–water partition coefficient (Wildman–Crippen LogP) is 5.07. The number of carbonyl (C=O) groups excluding carboxylic acids is 2. The van der Waals surface area contributed by atoms with Crippen molar-refractivity contribution in [1.29, 1.82) is 0 Å². The van der Waals surface area contributed by atoms with Crippen LogP contribution in [-0.4, -0.2) is 31.8 Å². The fourth-order valence-corrected chi connectivity index (χ4v) is 5.52. The number of nitrogens with zero attached hydrogens (tertiary/aromatic N) is 5. The second-order valence-electron chi connectivity index (χ2n) is 9.45. The van der Waals surface area contributed by atoms with Crippen LogP contribution in [0.4, 0.5) is 11.5 Å². The molecule has 2 amide bonds. The summed E-state index contributed by atoms with van der Waals surface area (Å²) in [5, 5.41) is 12.9. The highest BCUT2D eigenvalue weighted by molar-refractivity contribution is 6.31. The summed E-state index contributed by atoms with van der Waals surface area (Å²) >= 11 is 12.5. The number of aryl methyl sites for hydroxylation is 1. The first-order valence-corrected chi connectivity index (χ1v) is 12.6. The molecule has 2 aromatic heterocycles. The van der Waals surface area contributed by atoms with Crippen molar-refractivity contribution in [3.63, 3.8) is 0 Å². The van der Waals surface area contributed by atoms with Crippen LogP contribution in [0.3, 0.4) is 0 Å². The number of nitrogens with one attached hydrogen (secondary N) is 1. The summed E-state index contributed by atoms with van der Waals surface area (Å²) < 4.78 is 1.64. The lowest BCUT2D eigenvalue weighted by Gasteiger charge is -2.31. The number of fused-ring (bicyclic) bond motifs is 4. The number of halogens is 2. The molecule has 1 spiro atoms. The summed E-state index contributed by atoms with van der Waals surface area (Å²) in [5.41, 5.74) is 3.10. The molecule has 0 saturated carbocycles. The Balaban J connectivity index is 1.49. The minimum atomic E-state index is -1.34. The molecule has 6 rings (SSSR count). The standard InChI is InChI=1S/C27H22Cl2N6O2/c1-15-3-4-17(13-30-15)14-34-22-10-9-20(29)11-21(22)27(26(34)37)12-23(36)31-25-24(27)32-33-35(25)16(2)18-5-7-19(28)8-6-18/h3-11,13,16H,12,14H2,1-2H3,(H,31,36)/t16-,27+/m0/s1. The van der Waals surface area contributed by atoms with Crippen LogP contribution in [0.25, 0.3) is 0 Å². The zero-order chi connectivity index (χ0) is 25.9. The van der Waals surface area contributed by atoms with Gasteiger partial charge in [0.2, 0.25) is 11.8 Å². The first-order chi connectivity index (χ1) is 17.8. The number of rotatable bonds is 4. The van der Waals surface area contributed by atoms with Gasteiger partial charge in [-0.1, -0.05) is 46.6 Å². The number of benzene rings is 2. The Bertz CT molecular complexity index is 1550. The molecule has 2 atom stereocenters. The molecule has 10 heteroatoms. The number of hydrogen-bond acceptors (Lipinski definition) is 5. The maximum absolute atomic E-state index is 14.3. The number of amides is 2. The Labute approximate surface area is 223 Å². The van der Waals surface area contributed by atoms with Crippen molar-refractivity contribution in [3.05, 3.63) is 98.9 Å². The van der Waals surface area contributed by atoms with Crippen molar-refractivity contribution in [3.8, 4) is 0 Å². The number of hydrogen-bond donors (Lipinski definition) is 1. The lowest BCUT2D eigenvalue weighted by atomic mass is 9.73. The quantitative estimate of drug-likeness (QED) is 0.395. The molecule has 2 aliphatic rings. The second kappa shape index (κ2) is 8.68. The van der Waals surface area contributed by atoms with E-state index in [0.29, 0.717) is 39.4 Å². The van der Waals surface area contributed by atoms with E-state index in [4.69, 9.17) is 23.2 Å². The molecule has 0 bridgehead atoms. The predicted molar refractivity (Wildman–Crippen MR) is 141 cm³/mol. The molecule has 0 aliphatic carbocycles. The van der Waals surface area contributed by atoms with Gasteiger partial charge in [-0.3, -0.25) is 14.6 Å². The van der Waals surface area contributed by atoms with Crippen molar-refractivity contribution in [2.75, 3.05) is 10.2 Å². The van der Waals surface area contributed by atoms with Crippen LogP contribution in [0, 0.1) is 6.92 Å². The third kappa shape index (κ3) is 3.70. The monoisotopic (exact) mass is 532 g/mol. The molecule has 4 heterocycles. The van der Waals surface area contributed by atoms with Crippen LogP contribution in [-0.2, 0) is 21.5 Å². The zero-order valence-electron chi connectivity index (χ0n) is 20.1. The van der Waals surface area contributed by atoms with Gasteiger partial charge in [-0.25, -0.2) is 4.68 Å². The molecule has 0 saturated heterocycles. The Hall–Kier alpha value is -3.75. The highest BCUT2D eigenvalue weighted by Gasteiger charge is 2.58.